The third-order valence-electron chi connectivity index (χ3n) is 8.44. The number of rotatable bonds is 7. The van der Waals surface area contributed by atoms with Crippen molar-refractivity contribution in [3.63, 3.8) is 0 Å². The maximum atomic E-state index is 16.0. The predicted octanol–water partition coefficient (Wildman–Crippen LogP) is 6.09. The normalized spacial score (nSPS) is 13.5. The van der Waals surface area contributed by atoms with Gasteiger partial charge in [-0.1, -0.05) is 121 Å². The van der Waals surface area contributed by atoms with Gasteiger partial charge in [-0.25, -0.2) is 0 Å². The summed E-state index contributed by atoms with van der Waals surface area (Å²) in [6.45, 7) is -0.0208. The molecule has 6 aromatic rings. The fourth-order valence-electron chi connectivity index (χ4n) is 6.34. The van der Waals surface area contributed by atoms with Crippen LogP contribution in [0.25, 0.3) is 11.1 Å². The highest BCUT2D eigenvalue weighted by atomic mass is 31.2. The van der Waals surface area contributed by atoms with E-state index in [1.54, 1.807) is 12.1 Å². The lowest BCUT2D eigenvalue weighted by Gasteiger charge is -2.27. The minimum absolute atomic E-state index is 0.0104. The highest BCUT2D eigenvalue weighted by Crippen LogP contribution is 2.56. The first-order chi connectivity index (χ1) is 22.6. The number of fused-ring (bicyclic) bond motifs is 2. The van der Waals surface area contributed by atoms with E-state index >= 15 is 9.13 Å². The molecule has 8 heteroatoms. The SMILES string of the molecule is O=P(c1ccccc1)(c1ccccc1)c1ccc2c(c1-c1c(P(=O)(c3ccccc3)c3ccccc3)ccc3c1OCO3)OCO2. The van der Waals surface area contributed by atoms with Crippen LogP contribution in [0.5, 0.6) is 23.0 Å². The van der Waals surface area contributed by atoms with Crippen molar-refractivity contribution in [3.05, 3.63) is 146 Å². The molecule has 0 radical (unpaired) electrons. The summed E-state index contributed by atoms with van der Waals surface area (Å²) in [6, 6.07) is 45.1. The summed E-state index contributed by atoms with van der Waals surface area (Å²) in [5.41, 5.74) is 1.02. The van der Waals surface area contributed by atoms with E-state index in [0.717, 1.165) is 0 Å². The maximum Gasteiger partial charge on any atom is 0.231 e. The Hall–Kier alpha value is -5.02. The van der Waals surface area contributed by atoms with Crippen LogP contribution in [-0.2, 0) is 9.13 Å². The van der Waals surface area contributed by atoms with E-state index in [9.17, 15) is 0 Å². The third kappa shape index (κ3) is 4.41. The second-order valence-corrected chi connectivity index (χ2v) is 16.4. The largest absolute Gasteiger partial charge is 0.454 e. The second-order valence-electron chi connectivity index (χ2n) is 10.9. The molecule has 6 aromatic carbocycles. The van der Waals surface area contributed by atoms with Crippen LogP contribution in [0, 0.1) is 0 Å². The Morgan fingerprint density at radius 3 is 0.978 bits per heavy atom. The highest BCUT2D eigenvalue weighted by Gasteiger charge is 2.42. The molecule has 0 N–H and O–H groups in total. The Morgan fingerprint density at radius 2 is 0.674 bits per heavy atom. The van der Waals surface area contributed by atoms with E-state index in [-0.39, 0.29) is 13.6 Å². The van der Waals surface area contributed by atoms with Gasteiger partial charge in [-0.05, 0) is 24.3 Å². The summed E-state index contributed by atoms with van der Waals surface area (Å²) in [5, 5.41) is 3.66. The van der Waals surface area contributed by atoms with Crippen LogP contribution in [-0.4, -0.2) is 13.6 Å². The molecule has 2 aliphatic heterocycles. The first kappa shape index (κ1) is 28.5. The van der Waals surface area contributed by atoms with Crippen LogP contribution in [0.1, 0.15) is 0 Å². The molecule has 8 rings (SSSR count). The minimum Gasteiger partial charge on any atom is -0.454 e. The summed E-state index contributed by atoms with van der Waals surface area (Å²) in [6.07, 6.45) is 0. The zero-order valence-electron chi connectivity index (χ0n) is 24.6. The van der Waals surface area contributed by atoms with Crippen molar-refractivity contribution in [3.8, 4) is 34.1 Å². The van der Waals surface area contributed by atoms with Gasteiger partial charge < -0.3 is 28.1 Å². The van der Waals surface area contributed by atoms with Crippen molar-refractivity contribution in [2.45, 2.75) is 0 Å². The Bertz CT molecular complexity index is 1910. The molecule has 0 unspecified atom stereocenters. The van der Waals surface area contributed by atoms with Crippen LogP contribution >= 0.6 is 14.3 Å². The molecule has 0 spiro atoms. The Labute approximate surface area is 266 Å². The maximum absolute atomic E-state index is 16.0. The zero-order chi connectivity index (χ0) is 31.1. The number of hydrogen-bond donors (Lipinski definition) is 0. The Kier molecular flexibility index (Phi) is 7.06. The quantitative estimate of drug-likeness (QED) is 0.197. The van der Waals surface area contributed by atoms with Crippen molar-refractivity contribution < 1.29 is 28.1 Å². The average molecular weight is 643 g/mol. The molecular formula is C38H28O6P2. The molecule has 2 aliphatic rings. The van der Waals surface area contributed by atoms with E-state index in [2.05, 4.69) is 0 Å². The molecule has 0 saturated carbocycles. The van der Waals surface area contributed by atoms with Gasteiger partial charge in [0.05, 0.1) is 0 Å². The lowest BCUT2D eigenvalue weighted by molar-refractivity contribution is 0.173. The van der Waals surface area contributed by atoms with Crippen LogP contribution in [0.2, 0.25) is 0 Å². The van der Waals surface area contributed by atoms with Gasteiger partial charge in [-0.2, -0.15) is 0 Å². The lowest BCUT2D eigenvalue weighted by Crippen LogP contribution is -2.30. The van der Waals surface area contributed by atoms with E-state index in [1.165, 1.54) is 0 Å². The van der Waals surface area contributed by atoms with Crippen molar-refractivity contribution in [1.82, 2.24) is 0 Å². The van der Waals surface area contributed by atoms with Crippen LogP contribution < -0.4 is 50.8 Å². The van der Waals surface area contributed by atoms with Gasteiger partial charge in [-0.15, -0.1) is 0 Å². The van der Waals surface area contributed by atoms with Gasteiger partial charge in [0.15, 0.2) is 37.3 Å². The Balaban J connectivity index is 1.53. The molecule has 0 fully saturated rings. The van der Waals surface area contributed by atoms with Gasteiger partial charge in [0, 0.05) is 43.0 Å². The fourth-order valence-corrected chi connectivity index (χ4v) is 12.0. The Morgan fingerprint density at radius 1 is 0.370 bits per heavy atom. The molecule has 46 heavy (non-hydrogen) atoms. The van der Waals surface area contributed by atoms with Crippen molar-refractivity contribution in [1.29, 1.82) is 0 Å². The van der Waals surface area contributed by atoms with E-state index in [0.29, 0.717) is 66.0 Å². The summed E-state index contributed by atoms with van der Waals surface area (Å²) in [7, 11) is -7.15. The van der Waals surface area contributed by atoms with Gasteiger partial charge >= 0.3 is 0 Å². The van der Waals surface area contributed by atoms with Gasteiger partial charge in [-0.3, -0.25) is 0 Å². The highest BCUT2D eigenvalue weighted by molar-refractivity contribution is 7.86. The summed E-state index contributed by atoms with van der Waals surface area (Å²) < 4.78 is 56.2. The zero-order valence-corrected chi connectivity index (χ0v) is 26.4. The van der Waals surface area contributed by atoms with Gasteiger partial charge in [0.2, 0.25) is 13.6 Å². The smallest absolute Gasteiger partial charge is 0.231 e. The molecule has 6 nitrogen and oxygen atoms in total. The van der Waals surface area contributed by atoms with Crippen molar-refractivity contribution in [2.24, 2.45) is 0 Å². The van der Waals surface area contributed by atoms with Crippen molar-refractivity contribution in [2.75, 3.05) is 13.6 Å². The fraction of sp³-hybridized carbons (Fsp3) is 0.0526. The minimum atomic E-state index is -3.57. The van der Waals surface area contributed by atoms with Gasteiger partial charge in [0.25, 0.3) is 0 Å². The first-order valence-corrected chi connectivity index (χ1v) is 18.3. The monoisotopic (exact) mass is 642 g/mol. The molecule has 2 heterocycles. The summed E-state index contributed by atoms with van der Waals surface area (Å²) >= 11 is 0. The van der Waals surface area contributed by atoms with E-state index in [4.69, 9.17) is 18.9 Å². The molecule has 0 aromatic heterocycles. The lowest BCUT2D eigenvalue weighted by atomic mass is 10.0. The third-order valence-corrected chi connectivity index (χ3v) is 14.6. The molecule has 0 atom stereocenters. The topological polar surface area (TPSA) is 71.1 Å². The van der Waals surface area contributed by atoms with Crippen molar-refractivity contribution >= 4 is 46.1 Å². The molecule has 0 saturated heterocycles. The summed E-state index contributed by atoms with van der Waals surface area (Å²) in [4.78, 5) is 0. The number of ether oxygens (including phenoxy) is 4. The molecular weight excluding hydrogens is 614 g/mol. The van der Waals surface area contributed by atoms with Crippen LogP contribution in [0.3, 0.4) is 0 Å². The van der Waals surface area contributed by atoms with E-state index in [1.807, 2.05) is 133 Å². The van der Waals surface area contributed by atoms with Crippen LogP contribution in [0.4, 0.5) is 0 Å². The molecule has 226 valence electrons. The first-order valence-electron chi connectivity index (χ1n) is 14.9. The molecule has 0 aliphatic carbocycles. The molecule has 0 amide bonds. The average Bonchev–Trinajstić information content (AvgIpc) is 3.82. The standard InChI is InChI=1S/C38H28O6P2/c39-45(27-13-5-1-6-14-27,28-15-7-2-8-16-28)33-23-21-31-37(43-25-41-31)35(33)36-34(24-22-32-38(36)44-26-42-32)46(40,29-17-9-3-10-18-29)30-19-11-4-12-20-30/h1-24H,25-26H2. The second kappa shape index (κ2) is 11.4. The predicted molar refractivity (Wildman–Crippen MR) is 183 cm³/mol. The molecule has 0 bridgehead atoms. The van der Waals surface area contributed by atoms with E-state index < -0.39 is 14.3 Å². The number of benzene rings is 6. The number of hydrogen-bond acceptors (Lipinski definition) is 6. The van der Waals surface area contributed by atoms with Crippen LogP contribution in [0.15, 0.2) is 146 Å². The summed E-state index contributed by atoms with van der Waals surface area (Å²) in [5.74, 6) is 1.84. The van der Waals surface area contributed by atoms with Gasteiger partial charge in [0.1, 0.15) is 0 Å².